The molecule has 2 N–H and O–H groups in total. The second kappa shape index (κ2) is 13.3. The predicted octanol–water partition coefficient (Wildman–Crippen LogP) is 2.46. The van der Waals surface area contributed by atoms with Crippen LogP contribution in [-0.2, 0) is 4.74 Å². The molecule has 1 aliphatic heterocycles. The summed E-state index contributed by atoms with van der Waals surface area (Å²) in [5.74, 6) is 0. The number of hydrogen-bond acceptors (Lipinski definition) is 4. The zero-order valence-electron chi connectivity index (χ0n) is 14.2. The number of allylic oxidation sites excluding steroid dienone is 5. The molecule has 1 rings (SSSR count). The van der Waals surface area contributed by atoms with Crippen LogP contribution in [-0.4, -0.2) is 60.2 Å². The molecule has 1 aliphatic rings. The van der Waals surface area contributed by atoms with Gasteiger partial charge in [-0.3, -0.25) is 4.90 Å². The van der Waals surface area contributed by atoms with Crippen LogP contribution < -0.4 is 0 Å². The standard InChI is InChI=1S/C19H31NO3/c1-2-3-6-9-18(21)10-7-4-5-8-11-19(22)12-13-20-14-16-23-17-15-20/h3-8,10-11,18-19,21-22H,2,9,12-17H2,1H3. The molecule has 0 aromatic carbocycles. The molecule has 4 nitrogen and oxygen atoms in total. The molecule has 1 saturated heterocycles. The average Bonchev–Trinajstić information content (AvgIpc) is 2.57. The molecule has 1 heterocycles. The average molecular weight is 321 g/mol. The summed E-state index contributed by atoms with van der Waals surface area (Å²) in [6.07, 6.45) is 16.5. The number of morpholine rings is 1. The summed E-state index contributed by atoms with van der Waals surface area (Å²) in [6.45, 7) is 6.47. The van der Waals surface area contributed by atoms with Gasteiger partial charge in [-0.05, 0) is 19.3 Å². The SMILES string of the molecule is CCC=CCC(O)C=CC=CC=CC(O)CCN1CCOCC1. The van der Waals surface area contributed by atoms with Crippen LogP contribution in [0.1, 0.15) is 26.2 Å². The fraction of sp³-hybridized carbons (Fsp3) is 0.579. The maximum Gasteiger partial charge on any atom is 0.0758 e. The first-order chi connectivity index (χ1) is 11.2. The first-order valence-corrected chi connectivity index (χ1v) is 8.55. The molecule has 2 unspecified atom stereocenters. The molecule has 0 aromatic rings. The van der Waals surface area contributed by atoms with Gasteiger partial charge >= 0.3 is 0 Å². The number of hydrogen-bond donors (Lipinski definition) is 2. The quantitative estimate of drug-likeness (QED) is 0.479. The molecule has 130 valence electrons. The van der Waals surface area contributed by atoms with Crippen molar-refractivity contribution >= 4 is 0 Å². The summed E-state index contributed by atoms with van der Waals surface area (Å²) >= 11 is 0. The second-order valence-electron chi connectivity index (χ2n) is 5.65. The smallest absolute Gasteiger partial charge is 0.0758 e. The van der Waals surface area contributed by atoms with Gasteiger partial charge in [0, 0.05) is 19.6 Å². The van der Waals surface area contributed by atoms with Crippen molar-refractivity contribution in [3.05, 3.63) is 48.6 Å². The maximum atomic E-state index is 9.90. The van der Waals surface area contributed by atoms with Crippen molar-refractivity contribution in [3.63, 3.8) is 0 Å². The van der Waals surface area contributed by atoms with Gasteiger partial charge in [0.05, 0.1) is 25.4 Å². The Balaban J connectivity index is 2.14. The Morgan fingerprint density at radius 2 is 1.61 bits per heavy atom. The molecule has 0 spiro atoms. The van der Waals surface area contributed by atoms with E-state index in [-0.39, 0.29) is 0 Å². The number of nitrogens with zero attached hydrogens (tertiary/aromatic N) is 1. The first kappa shape index (κ1) is 19.8. The van der Waals surface area contributed by atoms with Gasteiger partial charge in [0.15, 0.2) is 0 Å². The number of aliphatic hydroxyl groups is 2. The van der Waals surface area contributed by atoms with Gasteiger partial charge in [-0.2, -0.15) is 0 Å². The van der Waals surface area contributed by atoms with Crippen LogP contribution >= 0.6 is 0 Å². The van der Waals surface area contributed by atoms with E-state index in [2.05, 4.69) is 11.8 Å². The lowest BCUT2D eigenvalue weighted by Gasteiger charge is -2.26. The highest BCUT2D eigenvalue weighted by Crippen LogP contribution is 2.02. The third kappa shape index (κ3) is 11.0. The summed E-state index contributed by atoms with van der Waals surface area (Å²) in [5, 5.41) is 19.6. The second-order valence-corrected chi connectivity index (χ2v) is 5.65. The number of aliphatic hydroxyl groups excluding tert-OH is 2. The lowest BCUT2D eigenvalue weighted by Crippen LogP contribution is -2.37. The van der Waals surface area contributed by atoms with Crippen LogP contribution in [0.2, 0.25) is 0 Å². The van der Waals surface area contributed by atoms with E-state index < -0.39 is 12.2 Å². The van der Waals surface area contributed by atoms with Gasteiger partial charge in [0.2, 0.25) is 0 Å². The fourth-order valence-electron chi connectivity index (χ4n) is 2.23. The molecule has 0 saturated carbocycles. The van der Waals surface area contributed by atoms with Gasteiger partial charge < -0.3 is 14.9 Å². The zero-order chi connectivity index (χ0) is 16.8. The minimum absolute atomic E-state index is 0.420. The fourth-order valence-corrected chi connectivity index (χ4v) is 2.23. The Hall–Kier alpha value is -1.20. The van der Waals surface area contributed by atoms with Crippen molar-refractivity contribution in [1.29, 1.82) is 0 Å². The van der Waals surface area contributed by atoms with E-state index in [0.717, 1.165) is 45.7 Å². The Labute approximate surface area is 140 Å². The van der Waals surface area contributed by atoms with Gasteiger partial charge in [0.1, 0.15) is 0 Å². The van der Waals surface area contributed by atoms with Crippen LogP contribution in [0, 0.1) is 0 Å². The monoisotopic (exact) mass is 321 g/mol. The lowest BCUT2D eigenvalue weighted by atomic mass is 10.2. The van der Waals surface area contributed by atoms with Gasteiger partial charge in [-0.25, -0.2) is 0 Å². The highest BCUT2D eigenvalue weighted by atomic mass is 16.5. The molecule has 0 radical (unpaired) electrons. The molecule has 1 fully saturated rings. The van der Waals surface area contributed by atoms with Gasteiger partial charge in [0.25, 0.3) is 0 Å². The third-order valence-electron chi connectivity index (χ3n) is 3.62. The van der Waals surface area contributed by atoms with Crippen molar-refractivity contribution in [2.75, 3.05) is 32.8 Å². The minimum Gasteiger partial charge on any atom is -0.389 e. The van der Waals surface area contributed by atoms with Crippen LogP contribution in [0.15, 0.2) is 48.6 Å². The number of rotatable bonds is 10. The molecule has 0 amide bonds. The summed E-state index contributed by atoms with van der Waals surface area (Å²) in [6, 6.07) is 0. The van der Waals surface area contributed by atoms with E-state index in [0.29, 0.717) is 6.42 Å². The minimum atomic E-state index is -0.439. The number of ether oxygens (including phenoxy) is 1. The molecular weight excluding hydrogens is 290 g/mol. The first-order valence-electron chi connectivity index (χ1n) is 8.55. The Morgan fingerprint density at radius 1 is 0.957 bits per heavy atom. The third-order valence-corrected chi connectivity index (χ3v) is 3.62. The van der Waals surface area contributed by atoms with Crippen molar-refractivity contribution in [1.82, 2.24) is 4.90 Å². The molecule has 23 heavy (non-hydrogen) atoms. The lowest BCUT2D eigenvalue weighted by molar-refractivity contribution is 0.0328. The maximum absolute atomic E-state index is 9.90. The molecule has 4 heteroatoms. The molecule has 2 atom stereocenters. The Kier molecular flexibility index (Phi) is 11.4. The van der Waals surface area contributed by atoms with Crippen molar-refractivity contribution in [2.45, 2.75) is 38.4 Å². The van der Waals surface area contributed by atoms with Crippen LogP contribution in [0.25, 0.3) is 0 Å². The summed E-state index contributed by atoms with van der Waals surface area (Å²) < 4.78 is 5.30. The highest BCUT2D eigenvalue weighted by molar-refractivity contribution is 5.13. The topological polar surface area (TPSA) is 52.9 Å². The van der Waals surface area contributed by atoms with E-state index in [1.54, 1.807) is 12.2 Å². The van der Waals surface area contributed by atoms with Gasteiger partial charge in [-0.1, -0.05) is 55.5 Å². The van der Waals surface area contributed by atoms with E-state index in [1.165, 1.54) is 0 Å². The highest BCUT2D eigenvalue weighted by Gasteiger charge is 2.10. The molecule has 0 aliphatic carbocycles. The Bertz CT molecular complexity index is 395. The summed E-state index contributed by atoms with van der Waals surface area (Å²) in [4.78, 5) is 2.31. The van der Waals surface area contributed by atoms with Crippen molar-refractivity contribution < 1.29 is 14.9 Å². The normalized spacial score (nSPS) is 20.3. The summed E-state index contributed by atoms with van der Waals surface area (Å²) in [5.41, 5.74) is 0. The van der Waals surface area contributed by atoms with Crippen LogP contribution in [0.4, 0.5) is 0 Å². The predicted molar refractivity (Wildman–Crippen MR) is 95.4 cm³/mol. The van der Waals surface area contributed by atoms with Crippen LogP contribution in [0.5, 0.6) is 0 Å². The molecule has 0 aromatic heterocycles. The van der Waals surface area contributed by atoms with Crippen molar-refractivity contribution in [3.8, 4) is 0 Å². The van der Waals surface area contributed by atoms with Gasteiger partial charge in [-0.15, -0.1) is 0 Å². The summed E-state index contributed by atoms with van der Waals surface area (Å²) in [7, 11) is 0. The zero-order valence-corrected chi connectivity index (χ0v) is 14.2. The largest absolute Gasteiger partial charge is 0.389 e. The van der Waals surface area contributed by atoms with Crippen molar-refractivity contribution in [2.24, 2.45) is 0 Å². The molecule has 0 bridgehead atoms. The molecular formula is C19H31NO3. The van der Waals surface area contributed by atoms with E-state index in [9.17, 15) is 10.2 Å². The Morgan fingerprint density at radius 3 is 2.26 bits per heavy atom. The van der Waals surface area contributed by atoms with E-state index >= 15 is 0 Å². The van der Waals surface area contributed by atoms with E-state index in [1.807, 2.05) is 36.5 Å². The van der Waals surface area contributed by atoms with E-state index in [4.69, 9.17) is 4.74 Å². The van der Waals surface area contributed by atoms with Crippen LogP contribution in [0.3, 0.4) is 0 Å².